The molecule has 0 radical (unpaired) electrons. The molecule has 0 spiro atoms. The summed E-state index contributed by atoms with van der Waals surface area (Å²) < 4.78 is 28.7. The van der Waals surface area contributed by atoms with Crippen molar-refractivity contribution in [3.8, 4) is 0 Å². The van der Waals surface area contributed by atoms with Crippen molar-refractivity contribution in [1.29, 1.82) is 0 Å². The van der Waals surface area contributed by atoms with Gasteiger partial charge in [0.1, 0.15) is 12.6 Å². The second-order valence-corrected chi connectivity index (χ2v) is 12.8. The summed E-state index contributed by atoms with van der Waals surface area (Å²) in [5, 5.41) is 3.37. The Morgan fingerprint density at radius 1 is 0.923 bits per heavy atom. The number of anilines is 1. The molecule has 0 aliphatic carbocycles. The summed E-state index contributed by atoms with van der Waals surface area (Å²) in [5.74, 6) is -0.787. The molecule has 3 rings (SSSR count). The van der Waals surface area contributed by atoms with Crippen LogP contribution in [0.2, 0.25) is 5.02 Å². The maximum absolute atomic E-state index is 14.0. The van der Waals surface area contributed by atoms with Gasteiger partial charge in [-0.3, -0.25) is 13.9 Å². The van der Waals surface area contributed by atoms with E-state index in [9.17, 15) is 18.0 Å². The Morgan fingerprint density at radius 3 is 2.05 bits per heavy atom. The summed E-state index contributed by atoms with van der Waals surface area (Å²) in [4.78, 5) is 28.8. The Morgan fingerprint density at radius 2 is 1.51 bits per heavy atom. The third-order valence-corrected chi connectivity index (χ3v) is 8.12. The SMILES string of the molecule is CCC(C(=O)NC(C)(C)C)N(Cc1ccc(C)cc1)C(=O)CN(c1ccccc1)S(=O)(=O)c1ccc(Cl)cc1. The summed E-state index contributed by atoms with van der Waals surface area (Å²) in [6.07, 6.45) is 0.356. The third-order valence-electron chi connectivity index (χ3n) is 6.08. The number of sulfonamides is 1. The minimum absolute atomic E-state index is 0.00570. The highest BCUT2D eigenvalue weighted by Gasteiger charge is 2.34. The number of para-hydroxylation sites is 1. The van der Waals surface area contributed by atoms with Gasteiger partial charge in [0, 0.05) is 17.1 Å². The van der Waals surface area contributed by atoms with Crippen LogP contribution < -0.4 is 9.62 Å². The van der Waals surface area contributed by atoms with Gasteiger partial charge < -0.3 is 10.2 Å². The van der Waals surface area contributed by atoms with E-state index in [0.717, 1.165) is 15.4 Å². The summed E-state index contributed by atoms with van der Waals surface area (Å²) >= 11 is 5.99. The number of amides is 2. The second kappa shape index (κ2) is 12.7. The molecule has 0 fully saturated rings. The van der Waals surface area contributed by atoms with Crippen molar-refractivity contribution in [1.82, 2.24) is 10.2 Å². The number of nitrogens with one attached hydrogen (secondary N) is 1. The van der Waals surface area contributed by atoms with Crippen molar-refractivity contribution in [3.63, 3.8) is 0 Å². The van der Waals surface area contributed by atoms with E-state index in [1.807, 2.05) is 58.9 Å². The minimum Gasteiger partial charge on any atom is -0.350 e. The monoisotopic (exact) mass is 569 g/mol. The van der Waals surface area contributed by atoms with Gasteiger partial charge in [-0.1, -0.05) is 66.6 Å². The lowest BCUT2D eigenvalue weighted by molar-refractivity contribution is -0.141. The average Bonchev–Trinajstić information content (AvgIpc) is 2.87. The Balaban J connectivity index is 2.04. The van der Waals surface area contributed by atoms with Crippen LogP contribution in [0.1, 0.15) is 45.2 Å². The first-order chi connectivity index (χ1) is 18.3. The van der Waals surface area contributed by atoms with Crippen LogP contribution in [0.3, 0.4) is 0 Å². The van der Waals surface area contributed by atoms with Crippen LogP contribution in [-0.2, 0) is 26.2 Å². The van der Waals surface area contributed by atoms with Crippen molar-refractivity contribution < 1.29 is 18.0 Å². The number of hydrogen-bond donors (Lipinski definition) is 1. The zero-order valence-corrected chi connectivity index (χ0v) is 24.6. The number of aryl methyl sites for hydroxylation is 1. The lowest BCUT2D eigenvalue weighted by Crippen LogP contribution is -2.55. The van der Waals surface area contributed by atoms with Gasteiger partial charge in [0.05, 0.1) is 10.6 Å². The van der Waals surface area contributed by atoms with E-state index >= 15 is 0 Å². The Labute approximate surface area is 236 Å². The van der Waals surface area contributed by atoms with Gasteiger partial charge in [-0.05, 0) is 76.1 Å². The molecule has 1 N–H and O–H groups in total. The van der Waals surface area contributed by atoms with Gasteiger partial charge in [-0.15, -0.1) is 0 Å². The fourth-order valence-corrected chi connectivity index (χ4v) is 5.66. The molecule has 208 valence electrons. The summed E-state index contributed by atoms with van der Waals surface area (Å²) in [5.41, 5.74) is 1.74. The van der Waals surface area contributed by atoms with Gasteiger partial charge in [0.25, 0.3) is 10.0 Å². The van der Waals surface area contributed by atoms with Crippen molar-refractivity contribution in [2.45, 2.75) is 64.1 Å². The van der Waals surface area contributed by atoms with Crippen LogP contribution in [0, 0.1) is 6.92 Å². The van der Waals surface area contributed by atoms with Crippen molar-refractivity contribution in [2.24, 2.45) is 0 Å². The molecule has 3 aromatic rings. The molecule has 0 aliphatic heterocycles. The molecule has 0 saturated carbocycles. The summed E-state index contributed by atoms with van der Waals surface area (Å²) in [7, 11) is -4.13. The Kier molecular flexibility index (Phi) is 9.80. The molecule has 7 nitrogen and oxygen atoms in total. The topological polar surface area (TPSA) is 86.8 Å². The number of carbonyl (C=O) groups excluding carboxylic acids is 2. The predicted octanol–water partition coefficient (Wildman–Crippen LogP) is 5.57. The minimum atomic E-state index is -4.13. The average molecular weight is 570 g/mol. The second-order valence-electron chi connectivity index (χ2n) is 10.5. The molecule has 0 heterocycles. The highest BCUT2D eigenvalue weighted by Crippen LogP contribution is 2.25. The largest absolute Gasteiger partial charge is 0.350 e. The van der Waals surface area contributed by atoms with Crippen LogP contribution >= 0.6 is 11.6 Å². The first kappa shape index (κ1) is 30.2. The van der Waals surface area contributed by atoms with Gasteiger partial charge >= 0.3 is 0 Å². The zero-order valence-electron chi connectivity index (χ0n) is 23.0. The van der Waals surface area contributed by atoms with Crippen LogP contribution in [-0.4, -0.2) is 43.3 Å². The number of hydrogen-bond acceptors (Lipinski definition) is 4. The van der Waals surface area contributed by atoms with Gasteiger partial charge in [0.2, 0.25) is 11.8 Å². The molecule has 0 aliphatic rings. The summed E-state index contributed by atoms with van der Waals surface area (Å²) in [6, 6.07) is 21.2. The first-order valence-corrected chi connectivity index (χ1v) is 14.6. The maximum Gasteiger partial charge on any atom is 0.264 e. The molecule has 3 aromatic carbocycles. The van der Waals surface area contributed by atoms with Crippen LogP contribution in [0.25, 0.3) is 0 Å². The van der Waals surface area contributed by atoms with E-state index in [0.29, 0.717) is 17.1 Å². The Bertz CT molecular complexity index is 1370. The fourth-order valence-electron chi connectivity index (χ4n) is 4.12. The van der Waals surface area contributed by atoms with Crippen LogP contribution in [0.4, 0.5) is 5.69 Å². The molecule has 0 aromatic heterocycles. The molecule has 39 heavy (non-hydrogen) atoms. The molecular weight excluding hydrogens is 534 g/mol. The van der Waals surface area contributed by atoms with Gasteiger partial charge in [-0.2, -0.15) is 0 Å². The summed E-state index contributed by atoms with van der Waals surface area (Å²) in [6.45, 7) is 9.09. The maximum atomic E-state index is 14.0. The third kappa shape index (κ3) is 8.07. The van der Waals surface area contributed by atoms with Crippen molar-refractivity contribution in [2.75, 3.05) is 10.8 Å². The van der Waals surface area contributed by atoms with Crippen molar-refractivity contribution in [3.05, 3.63) is 95.0 Å². The van der Waals surface area contributed by atoms with E-state index in [4.69, 9.17) is 11.6 Å². The zero-order chi connectivity index (χ0) is 28.8. The number of benzene rings is 3. The Hall–Kier alpha value is -3.36. The molecule has 1 atom stereocenters. The lowest BCUT2D eigenvalue weighted by atomic mass is 10.1. The number of nitrogens with zero attached hydrogens (tertiary/aromatic N) is 2. The van der Waals surface area contributed by atoms with E-state index in [2.05, 4.69) is 5.32 Å². The quantitative estimate of drug-likeness (QED) is 0.346. The first-order valence-electron chi connectivity index (χ1n) is 12.8. The van der Waals surface area contributed by atoms with Crippen molar-refractivity contribution >= 4 is 39.1 Å². The van der Waals surface area contributed by atoms with Gasteiger partial charge in [-0.25, -0.2) is 8.42 Å². The van der Waals surface area contributed by atoms with E-state index in [-0.39, 0.29) is 17.3 Å². The van der Waals surface area contributed by atoms with E-state index < -0.39 is 34.1 Å². The molecular formula is C30H36ClN3O4S. The standard InChI is InChI=1S/C30H36ClN3O4S/c1-6-27(29(36)32-30(3,4)5)33(20-23-14-12-22(2)13-15-23)28(35)21-34(25-10-8-7-9-11-25)39(37,38)26-18-16-24(31)17-19-26/h7-19,27H,6,20-21H2,1-5H3,(H,32,36). The number of rotatable bonds is 10. The fraction of sp³-hybridized carbons (Fsp3) is 0.333. The smallest absolute Gasteiger partial charge is 0.264 e. The highest BCUT2D eigenvalue weighted by atomic mass is 35.5. The van der Waals surface area contributed by atoms with E-state index in [1.54, 1.807) is 30.3 Å². The van der Waals surface area contributed by atoms with Crippen LogP contribution in [0.15, 0.2) is 83.8 Å². The highest BCUT2D eigenvalue weighted by molar-refractivity contribution is 7.92. The number of halogens is 1. The van der Waals surface area contributed by atoms with Crippen LogP contribution in [0.5, 0.6) is 0 Å². The molecule has 2 amide bonds. The lowest BCUT2D eigenvalue weighted by Gasteiger charge is -2.34. The van der Waals surface area contributed by atoms with Gasteiger partial charge in [0.15, 0.2) is 0 Å². The normalized spacial score (nSPS) is 12.5. The molecule has 9 heteroatoms. The molecule has 1 unspecified atom stereocenters. The van der Waals surface area contributed by atoms with E-state index in [1.165, 1.54) is 29.2 Å². The number of carbonyl (C=O) groups is 2. The predicted molar refractivity (Wildman–Crippen MR) is 156 cm³/mol. The molecule has 0 saturated heterocycles. The molecule has 0 bridgehead atoms.